The molecule has 2 aliphatic rings. The van der Waals surface area contributed by atoms with E-state index >= 15 is 0 Å². The maximum absolute atomic E-state index is 12.9. The van der Waals surface area contributed by atoms with Crippen molar-refractivity contribution in [3.63, 3.8) is 0 Å². The summed E-state index contributed by atoms with van der Waals surface area (Å²) in [5.74, 6) is 1.65. The van der Waals surface area contributed by atoms with Crippen LogP contribution < -0.4 is 20.1 Å². The first-order chi connectivity index (χ1) is 12.8. The van der Waals surface area contributed by atoms with E-state index in [9.17, 15) is 4.79 Å². The van der Waals surface area contributed by atoms with Crippen LogP contribution in [0.2, 0.25) is 0 Å². The zero-order valence-electron chi connectivity index (χ0n) is 14.8. The summed E-state index contributed by atoms with van der Waals surface area (Å²) in [6.07, 6.45) is 1.64. The molecular weight excluding hydrogens is 328 g/mol. The number of hydrogen-bond donors (Lipinski definition) is 2. The number of rotatable bonds is 5. The van der Waals surface area contributed by atoms with E-state index in [1.807, 2.05) is 36.4 Å². The van der Waals surface area contributed by atoms with Crippen LogP contribution in [0.1, 0.15) is 17.5 Å². The van der Waals surface area contributed by atoms with Gasteiger partial charge in [-0.3, -0.25) is 4.79 Å². The summed E-state index contributed by atoms with van der Waals surface area (Å²) in [5.41, 5.74) is 1.86. The van der Waals surface area contributed by atoms with Crippen LogP contribution in [0.25, 0.3) is 0 Å². The predicted molar refractivity (Wildman–Crippen MR) is 99.3 cm³/mol. The van der Waals surface area contributed by atoms with Crippen LogP contribution in [-0.2, 0) is 17.8 Å². The number of amides is 1. The summed E-state index contributed by atoms with van der Waals surface area (Å²) in [5, 5.41) is 6.36. The van der Waals surface area contributed by atoms with Crippen molar-refractivity contribution in [2.45, 2.75) is 19.4 Å². The highest BCUT2D eigenvalue weighted by Gasteiger charge is 2.43. The van der Waals surface area contributed by atoms with Gasteiger partial charge >= 0.3 is 0 Å². The van der Waals surface area contributed by atoms with Gasteiger partial charge in [0.15, 0.2) is 11.5 Å². The van der Waals surface area contributed by atoms with Crippen molar-refractivity contribution in [2.75, 3.05) is 26.3 Å². The van der Waals surface area contributed by atoms with E-state index in [0.717, 1.165) is 43.0 Å². The third-order valence-corrected chi connectivity index (χ3v) is 5.06. The van der Waals surface area contributed by atoms with Crippen molar-refractivity contribution in [2.24, 2.45) is 5.41 Å². The summed E-state index contributed by atoms with van der Waals surface area (Å²) in [6.45, 7) is 3.27. The number of benzene rings is 2. The average molecular weight is 352 g/mol. The molecule has 0 radical (unpaired) electrons. The monoisotopic (exact) mass is 352 g/mol. The van der Waals surface area contributed by atoms with E-state index in [1.54, 1.807) is 0 Å². The highest BCUT2D eigenvalue weighted by Crippen LogP contribution is 2.31. The number of nitrogens with one attached hydrogen (secondary N) is 2. The first-order valence-corrected chi connectivity index (χ1v) is 9.17. The van der Waals surface area contributed by atoms with Gasteiger partial charge in [-0.15, -0.1) is 0 Å². The van der Waals surface area contributed by atoms with Crippen molar-refractivity contribution < 1.29 is 14.3 Å². The maximum Gasteiger partial charge on any atom is 0.229 e. The zero-order valence-corrected chi connectivity index (χ0v) is 14.8. The van der Waals surface area contributed by atoms with E-state index in [-0.39, 0.29) is 11.3 Å². The fourth-order valence-electron chi connectivity index (χ4n) is 3.47. The van der Waals surface area contributed by atoms with Gasteiger partial charge in [0.2, 0.25) is 5.91 Å². The molecule has 0 saturated carbocycles. The third-order valence-electron chi connectivity index (χ3n) is 5.06. The number of fused-ring (bicyclic) bond motifs is 1. The van der Waals surface area contributed by atoms with Crippen LogP contribution in [0.15, 0.2) is 48.5 Å². The lowest BCUT2D eigenvalue weighted by Gasteiger charge is -2.41. The topological polar surface area (TPSA) is 59.6 Å². The molecule has 0 aliphatic carbocycles. The van der Waals surface area contributed by atoms with Gasteiger partial charge in [0.25, 0.3) is 0 Å². The van der Waals surface area contributed by atoms with Crippen LogP contribution in [0.3, 0.4) is 0 Å². The minimum absolute atomic E-state index is 0.104. The summed E-state index contributed by atoms with van der Waals surface area (Å²) in [6, 6.07) is 16.1. The first kappa shape index (κ1) is 16.9. The fraction of sp³-hybridized carbons (Fsp3) is 0.381. The summed E-state index contributed by atoms with van der Waals surface area (Å²) in [7, 11) is 0. The quantitative estimate of drug-likeness (QED) is 0.867. The standard InChI is InChI=1S/C21H24N2O3/c24-20(21(14-22-15-21)12-16-5-2-1-3-6-16)23-13-17-7-8-18-19(11-17)26-10-4-9-25-18/h1-3,5-8,11,22H,4,9-10,12-15H2,(H,23,24). The lowest BCUT2D eigenvalue weighted by atomic mass is 9.75. The molecule has 0 unspecified atom stereocenters. The molecule has 0 aromatic heterocycles. The second-order valence-electron chi connectivity index (χ2n) is 7.06. The predicted octanol–water partition coefficient (Wildman–Crippen LogP) is 2.30. The van der Waals surface area contributed by atoms with Gasteiger partial charge in [-0.05, 0) is 29.7 Å². The molecule has 1 amide bonds. The summed E-state index contributed by atoms with van der Waals surface area (Å²) < 4.78 is 11.4. The molecule has 2 aromatic carbocycles. The van der Waals surface area contributed by atoms with Gasteiger partial charge in [-0.2, -0.15) is 0 Å². The van der Waals surface area contributed by atoms with Gasteiger partial charge in [0.1, 0.15) is 0 Å². The molecule has 4 rings (SSSR count). The molecule has 0 bridgehead atoms. The minimum atomic E-state index is -0.355. The Kier molecular flexibility index (Phi) is 4.80. The second kappa shape index (κ2) is 7.38. The fourth-order valence-corrected chi connectivity index (χ4v) is 3.47. The normalized spacial score (nSPS) is 17.7. The zero-order chi connectivity index (χ0) is 17.8. The number of hydrogen-bond acceptors (Lipinski definition) is 4. The Morgan fingerprint density at radius 1 is 1.00 bits per heavy atom. The van der Waals surface area contributed by atoms with Crippen molar-refractivity contribution in [3.05, 3.63) is 59.7 Å². The average Bonchev–Trinajstić information content (AvgIpc) is 2.88. The first-order valence-electron chi connectivity index (χ1n) is 9.17. The lowest BCUT2D eigenvalue weighted by Crippen LogP contribution is -2.62. The Labute approximate surface area is 153 Å². The second-order valence-corrected chi connectivity index (χ2v) is 7.06. The van der Waals surface area contributed by atoms with Crippen molar-refractivity contribution in [3.8, 4) is 11.5 Å². The third kappa shape index (κ3) is 3.53. The Morgan fingerprint density at radius 2 is 1.77 bits per heavy atom. The maximum atomic E-state index is 12.9. The number of ether oxygens (including phenoxy) is 2. The number of carbonyl (C=O) groups is 1. The highest BCUT2D eigenvalue weighted by molar-refractivity contribution is 5.84. The molecule has 136 valence electrons. The molecular formula is C21H24N2O3. The van der Waals surface area contributed by atoms with Crippen LogP contribution in [-0.4, -0.2) is 32.2 Å². The van der Waals surface area contributed by atoms with Gasteiger partial charge in [0, 0.05) is 26.1 Å². The number of carbonyl (C=O) groups excluding carboxylic acids is 1. The minimum Gasteiger partial charge on any atom is -0.490 e. The van der Waals surface area contributed by atoms with Gasteiger partial charge < -0.3 is 20.1 Å². The highest BCUT2D eigenvalue weighted by atomic mass is 16.5. The molecule has 2 aliphatic heterocycles. The van der Waals surface area contributed by atoms with Crippen molar-refractivity contribution in [1.82, 2.24) is 10.6 Å². The van der Waals surface area contributed by atoms with Gasteiger partial charge in [-0.25, -0.2) is 0 Å². The molecule has 5 heteroatoms. The van der Waals surface area contributed by atoms with E-state index in [2.05, 4.69) is 22.8 Å². The van der Waals surface area contributed by atoms with Gasteiger partial charge in [0.05, 0.1) is 18.6 Å². The van der Waals surface area contributed by atoms with Crippen LogP contribution >= 0.6 is 0 Å². The Morgan fingerprint density at radius 3 is 2.50 bits per heavy atom. The molecule has 1 fully saturated rings. The van der Waals surface area contributed by atoms with Crippen LogP contribution in [0.5, 0.6) is 11.5 Å². The van der Waals surface area contributed by atoms with E-state index in [0.29, 0.717) is 19.8 Å². The van der Waals surface area contributed by atoms with E-state index < -0.39 is 0 Å². The summed E-state index contributed by atoms with van der Waals surface area (Å²) in [4.78, 5) is 12.9. The molecule has 2 heterocycles. The molecule has 0 atom stereocenters. The molecule has 2 N–H and O–H groups in total. The molecule has 2 aromatic rings. The molecule has 5 nitrogen and oxygen atoms in total. The lowest BCUT2D eigenvalue weighted by molar-refractivity contribution is -0.134. The van der Waals surface area contributed by atoms with E-state index in [4.69, 9.17) is 9.47 Å². The molecule has 1 saturated heterocycles. The van der Waals surface area contributed by atoms with Crippen molar-refractivity contribution in [1.29, 1.82) is 0 Å². The van der Waals surface area contributed by atoms with Crippen LogP contribution in [0.4, 0.5) is 0 Å². The molecule has 26 heavy (non-hydrogen) atoms. The SMILES string of the molecule is O=C(NCc1ccc2c(c1)OCCCO2)C1(Cc2ccccc2)CNC1. The smallest absolute Gasteiger partial charge is 0.229 e. The summed E-state index contributed by atoms with van der Waals surface area (Å²) >= 11 is 0. The Balaban J connectivity index is 1.41. The van der Waals surface area contributed by atoms with E-state index in [1.165, 1.54) is 5.56 Å². The largest absolute Gasteiger partial charge is 0.490 e. The molecule has 0 spiro atoms. The van der Waals surface area contributed by atoms with Crippen molar-refractivity contribution >= 4 is 5.91 Å². The Bertz CT molecular complexity index is 772. The van der Waals surface area contributed by atoms with Gasteiger partial charge in [-0.1, -0.05) is 36.4 Å². The van der Waals surface area contributed by atoms with Crippen LogP contribution in [0, 0.1) is 5.41 Å². The Hall–Kier alpha value is -2.53.